The number of benzene rings is 3. The van der Waals surface area contributed by atoms with Crippen LogP contribution in [0, 0.1) is 0 Å². The molecule has 5 nitrogen and oxygen atoms in total. The molecule has 6 rings (SSSR count). The topological polar surface area (TPSA) is 48.7 Å². The lowest BCUT2D eigenvalue weighted by atomic mass is 9.93. The van der Waals surface area contributed by atoms with E-state index in [0.29, 0.717) is 23.3 Å². The summed E-state index contributed by atoms with van der Waals surface area (Å²) in [6, 6.07) is 23.6. The fraction of sp³-hybridized carbons (Fsp3) is 0.120. The lowest BCUT2D eigenvalue weighted by molar-refractivity contribution is -0.129. The molecular formula is C25H17Cl2N3O2. The van der Waals surface area contributed by atoms with Crippen molar-refractivity contribution in [1.82, 2.24) is 14.8 Å². The Labute approximate surface area is 194 Å². The van der Waals surface area contributed by atoms with Crippen molar-refractivity contribution in [3.63, 3.8) is 0 Å². The van der Waals surface area contributed by atoms with Crippen LogP contribution in [0.3, 0.4) is 0 Å². The largest absolute Gasteiger partial charge is 0.340 e. The summed E-state index contributed by atoms with van der Waals surface area (Å²) >= 11 is 12.4. The molecule has 3 heterocycles. The SMILES string of the molecule is Clc1ccc(C2(c3ccc4c(c3)c(-c3cccc(Cl)c3)cc3cnnn34)OCCO2)cc1. The van der Waals surface area contributed by atoms with Gasteiger partial charge in [0.1, 0.15) is 0 Å². The molecule has 2 aromatic heterocycles. The molecule has 1 fully saturated rings. The van der Waals surface area contributed by atoms with E-state index in [1.807, 2.05) is 65.2 Å². The van der Waals surface area contributed by atoms with E-state index in [2.05, 4.69) is 22.4 Å². The van der Waals surface area contributed by atoms with Crippen LogP contribution in [0.25, 0.3) is 27.5 Å². The van der Waals surface area contributed by atoms with Gasteiger partial charge < -0.3 is 9.47 Å². The Morgan fingerprint density at radius 1 is 0.812 bits per heavy atom. The minimum absolute atomic E-state index is 0.504. The van der Waals surface area contributed by atoms with Crippen LogP contribution in [-0.4, -0.2) is 28.0 Å². The molecule has 0 bridgehead atoms. The van der Waals surface area contributed by atoms with Gasteiger partial charge in [0, 0.05) is 26.6 Å². The average molecular weight is 462 g/mol. The summed E-state index contributed by atoms with van der Waals surface area (Å²) in [5.74, 6) is -0.998. The minimum Gasteiger partial charge on any atom is -0.340 e. The monoisotopic (exact) mass is 461 g/mol. The van der Waals surface area contributed by atoms with E-state index in [9.17, 15) is 0 Å². The number of aromatic nitrogens is 3. The summed E-state index contributed by atoms with van der Waals surface area (Å²) in [7, 11) is 0. The van der Waals surface area contributed by atoms with Crippen LogP contribution in [0.4, 0.5) is 0 Å². The predicted molar refractivity (Wildman–Crippen MR) is 125 cm³/mol. The van der Waals surface area contributed by atoms with Gasteiger partial charge in [0.25, 0.3) is 0 Å². The maximum atomic E-state index is 6.31. The second kappa shape index (κ2) is 7.57. The van der Waals surface area contributed by atoms with E-state index in [0.717, 1.165) is 38.7 Å². The molecule has 0 radical (unpaired) electrons. The van der Waals surface area contributed by atoms with Crippen LogP contribution in [0.2, 0.25) is 10.0 Å². The first kappa shape index (κ1) is 19.7. The van der Waals surface area contributed by atoms with Crippen LogP contribution in [0.5, 0.6) is 0 Å². The number of halogens is 2. The first-order valence-corrected chi connectivity index (χ1v) is 11.0. The minimum atomic E-state index is -0.998. The van der Waals surface area contributed by atoms with Crippen LogP contribution in [0.1, 0.15) is 11.1 Å². The summed E-state index contributed by atoms with van der Waals surface area (Å²) in [5, 5.41) is 10.7. The summed E-state index contributed by atoms with van der Waals surface area (Å²) in [4.78, 5) is 0. The van der Waals surface area contributed by atoms with Crippen LogP contribution >= 0.6 is 23.2 Å². The number of hydrogen-bond donors (Lipinski definition) is 0. The smallest absolute Gasteiger partial charge is 0.222 e. The zero-order valence-electron chi connectivity index (χ0n) is 16.8. The van der Waals surface area contributed by atoms with Crippen molar-refractivity contribution in [3.05, 3.63) is 100 Å². The molecule has 3 aromatic carbocycles. The van der Waals surface area contributed by atoms with Crippen molar-refractivity contribution < 1.29 is 9.47 Å². The summed E-state index contributed by atoms with van der Waals surface area (Å²) < 4.78 is 14.3. The van der Waals surface area contributed by atoms with Gasteiger partial charge in [0.15, 0.2) is 0 Å². The molecule has 0 saturated carbocycles. The Bertz CT molecular complexity index is 1460. The molecule has 7 heteroatoms. The summed E-state index contributed by atoms with van der Waals surface area (Å²) in [6.07, 6.45) is 1.75. The number of pyridine rings is 1. The highest BCUT2D eigenvalue weighted by atomic mass is 35.5. The highest BCUT2D eigenvalue weighted by Gasteiger charge is 2.41. The number of nitrogens with zero attached hydrogens (tertiary/aromatic N) is 3. The zero-order valence-corrected chi connectivity index (χ0v) is 18.3. The maximum absolute atomic E-state index is 6.31. The van der Waals surface area contributed by atoms with Crippen molar-refractivity contribution in [2.45, 2.75) is 5.79 Å². The molecule has 0 aliphatic carbocycles. The van der Waals surface area contributed by atoms with E-state index in [1.54, 1.807) is 6.20 Å². The molecule has 0 unspecified atom stereocenters. The molecular weight excluding hydrogens is 445 g/mol. The third-order valence-electron chi connectivity index (χ3n) is 5.82. The quantitative estimate of drug-likeness (QED) is 0.325. The Morgan fingerprint density at radius 3 is 2.38 bits per heavy atom. The number of rotatable bonds is 3. The van der Waals surface area contributed by atoms with Gasteiger partial charge in [0.05, 0.1) is 30.4 Å². The van der Waals surface area contributed by atoms with Gasteiger partial charge in [-0.1, -0.05) is 58.7 Å². The van der Waals surface area contributed by atoms with Crippen molar-refractivity contribution in [1.29, 1.82) is 0 Å². The molecule has 1 aliphatic heterocycles. The lowest BCUT2D eigenvalue weighted by Gasteiger charge is -2.29. The van der Waals surface area contributed by atoms with Crippen molar-refractivity contribution in [2.75, 3.05) is 13.2 Å². The number of hydrogen-bond acceptors (Lipinski definition) is 4. The first-order valence-electron chi connectivity index (χ1n) is 10.2. The normalized spacial score (nSPS) is 15.6. The van der Waals surface area contributed by atoms with Crippen LogP contribution < -0.4 is 0 Å². The van der Waals surface area contributed by atoms with Crippen LogP contribution in [-0.2, 0) is 15.3 Å². The fourth-order valence-corrected chi connectivity index (χ4v) is 4.69. The molecule has 5 aromatic rings. The summed E-state index contributed by atoms with van der Waals surface area (Å²) in [5.41, 5.74) is 5.67. The van der Waals surface area contributed by atoms with E-state index in [1.165, 1.54) is 0 Å². The van der Waals surface area contributed by atoms with Gasteiger partial charge in [-0.25, -0.2) is 4.52 Å². The summed E-state index contributed by atoms with van der Waals surface area (Å²) in [6.45, 7) is 1.01. The number of fused-ring (bicyclic) bond motifs is 3. The molecule has 1 aliphatic rings. The highest BCUT2D eigenvalue weighted by Crippen LogP contribution is 2.41. The van der Waals surface area contributed by atoms with E-state index < -0.39 is 5.79 Å². The molecule has 0 atom stereocenters. The van der Waals surface area contributed by atoms with Gasteiger partial charge in [-0.15, -0.1) is 5.10 Å². The van der Waals surface area contributed by atoms with E-state index in [4.69, 9.17) is 32.7 Å². The van der Waals surface area contributed by atoms with Gasteiger partial charge in [-0.2, -0.15) is 0 Å². The fourth-order valence-electron chi connectivity index (χ4n) is 4.37. The number of ether oxygens (including phenoxy) is 2. The second-order valence-electron chi connectivity index (χ2n) is 7.69. The second-order valence-corrected chi connectivity index (χ2v) is 8.56. The maximum Gasteiger partial charge on any atom is 0.222 e. The highest BCUT2D eigenvalue weighted by molar-refractivity contribution is 6.31. The third-order valence-corrected chi connectivity index (χ3v) is 6.30. The van der Waals surface area contributed by atoms with Gasteiger partial charge >= 0.3 is 0 Å². The van der Waals surface area contributed by atoms with E-state index in [-0.39, 0.29) is 0 Å². The predicted octanol–water partition coefficient (Wildman–Crippen LogP) is 6.10. The Balaban J connectivity index is 1.63. The molecule has 0 N–H and O–H groups in total. The molecule has 0 spiro atoms. The molecule has 1 saturated heterocycles. The van der Waals surface area contributed by atoms with Gasteiger partial charge in [0.2, 0.25) is 5.79 Å². The molecule has 158 valence electrons. The third kappa shape index (κ3) is 3.09. The van der Waals surface area contributed by atoms with Crippen LogP contribution in [0.15, 0.2) is 79.0 Å². The molecule has 32 heavy (non-hydrogen) atoms. The molecule has 0 amide bonds. The average Bonchev–Trinajstić information content (AvgIpc) is 3.49. The first-order chi connectivity index (χ1) is 15.6. The Kier molecular flexibility index (Phi) is 4.66. The van der Waals surface area contributed by atoms with Gasteiger partial charge in [-0.3, -0.25) is 0 Å². The van der Waals surface area contributed by atoms with Crippen molar-refractivity contribution in [3.8, 4) is 11.1 Å². The van der Waals surface area contributed by atoms with Crippen molar-refractivity contribution >= 4 is 39.6 Å². The lowest BCUT2D eigenvalue weighted by Crippen LogP contribution is -2.28. The van der Waals surface area contributed by atoms with Crippen molar-refractivity contribution in [2.24, 2.45) is 0 Å². The Hall–Kier alpha value is -2.96. The Morgan fingerprint density at radius 2 is 1.59 bits per heavy atom. The zero-order chi connectivity index (χ0) is 21.7. The van der Waals surface area contributed by atoms with E-state index >= 15 is 0 Å². The standard InChI is InChI=1S/C25H17Cl2N3O2/c26-19-7-4-17(5-8-19)25(31-10-11-32-25)18-6-9-24-23(13-18)22(14-21-15-28-29-30(21)24)16-2-1-3-20(27)12-16/h1-9,12-15H,10-11H2. The van der Waals surface area contributed by atoms with Gasteiger partial charge in [-0.05, 0) is 53.6 Å².